The Morgan fingerprint density at radius 1 is 1.19 bits per heavy atom. The van der Waals surface area contributed by atoms with Crippen molar-refractivity contribution in [3.8, 4) is 0 Å². The van der Waals surface area contributed by atoms with Gasteiger partial charge in [-0.2, -0.15) is 5.10 Å². The van der Waals surface area contributed by atoms with Crippen LogP contribution >= 0.6 is 11.3 Å². The first-order valence-electron chi connectivity index (χ1n) is 7.86. The van der Waals surface area contributed by atoms with Gasteiger partial charge in [0, 0.05) is 30.2 Å². The number of piperidine rings is 1. The Labute approximate surface area is 129 Å². The zero-order chi connectivity index (χ0) is 14.4. The number of hydrogen-bond donors (Lipinski definition) is 0. The number of hydrogen-bond acceptors (Lipinski definition) is 4. The van der Waals surface area contributed by atoms with Crippen LogP contribution in [-0.4, -0.2) is 31.7 Å². The van der Waals surface area contributed by atoms with E-state index >= 15 is 0 Å². The molecule has 4 heterocycles. The average molecular weight is 302 g/mol. The van der Waals surface area contributed by atoms with E-state index in [1.165, 1.54) is 41.9 Å². The highest BCUT2D eigenvalue weighted by molar-refractivity contribution is 7.09. The van der Waals surface area contributed by atoms with Gasteiger partial charge in [-0.3, -0.25) is 9.58 Å². The van der Waals surface area contributed by atoms with Crippen molar-refractivity contribution in [2.75, 3.05) is 0 Å². The summed E-state index contributed by atoms with van der Waals surface area (Å²) in [5.74, 6) is 0. The van der Waals surface area contributed by atoms with Gasteiger partial charge in [0.1, 0.15) is 0 Å². The molecule has 5 heteroatoms. The van der Waals surface area contributed by atoms with Crippen molar-refractivity contribution in [2.45, 2.75) is 64.2 Å². The minimum absolute atomic E-state index is 0.588. The second kappa shape index (κ2) is 5.21. The standard InChI is InChI=1S/C16H22N4S/c1-11-7-17-20(8-11)16-5-14-3-4-15(6-16)19(14)9-13-10-21-12(2)18-13/h7-8,10,14-16H,3-6,9H2,1-2H3. The van der Waals surface area contributed by atoms with Gasteiger partial charge in [0.05, 0.1) is 22.9 Å². The van der Waals surface area contributed by atoms with E-state index in [9.17, 15) is 0 Å². The summed E-state index contributed by atoms with van der Waals surface area (Å²) in [6, 6.07) is 2.00. The van der Waals surface area contributed by atoms with Gasteiger partial charge in [0.2, 0.25) is 0 Å². The summed E-state index contributed by atoms with van der Waals surface area (Å²) < 4.78 is 2.20. The number of aromatic nitrogens is 3. The highest BCUT2D eigenvalue weighted by Gasteiger charge is 2.41. The van der Waals surface area contributed by atoms with Gasteiger partial charge in [0.25, 0.3) is 0 Å². The van der Waals surface area contributed by atoms with Crippen molar-refractivity contribution in [1.29, 1.82) is 0 Å². The van der Waals surface area contributed by atoms with Crippen molar-refractivity contribution < 1.29 is 0 Å². The Hall–Kier alpha value is -1.20. The predicted octanol–water partition coefficient (Wildman–Crippen LogP) is 3.32. The number of aryl methyl sites for hydroxylation is 2. The maximum atomic E-state index is 4.64. The van der Waals surface area contributed by atoms with Crippen molar-refractivity contribution in [3.05, 3.63) is 34.0 Å². The van der Waals surface area contributed by atoms with E-state index in [0.29, 0.717) is 18.1 Å². The van der Waals surface area contributed by atoms with Crippen molar-refractivity contribution in [1.82, 2.24) is 19.7 Å². The third kappa shape index (κ3) is 2.53. The first kappa shape index (κ1) is 13.5. The number of thiazole rings is 1. The van der Waals surface area contributed by atoms with Crippen LogP contribution in [0, 0.1) is 13.8 Å². The number of rotatable bonds is 3. The van der Waals surface area contributed by atoms with Crippen molar-refractivity contribution in [3.63, 3.8) is 0 Å². The molecule has 0 saturated carbocycles. The highest BCUT2D eigenvalue weighted by Crippen LogP contribution is 2.41. The lowest BCUT2D eigenvalue weighted by molar-refractivity contribution is 0.0940. The highest BCUT2D eigenvalue weighted by atomic mass is 32.1. The van der Waals surface area contributed by atoms with Crippen LogP contribution in [0.4, 0.5) is 0 Å². The fourth-order valence-corrected chi connectivity index (χ4v) is 4.62. The molecule has 2 saturated heterocycles. The largest absolute Gasteiger partial charge is 0.291 e. The summed E-state index contributed by atoms with van der Waals surface area (Å²) in [6.07, 6.45) is 9.33. The van der Waals surface area contributed by atoms with Crippen LogP contribution in [0.1, 0.15) is 48.0 Å². The van der Waals surface area contributed by atoms with E-state index in [-0.39, 0.29) is 0 Å². The average Bonchev–Trinajstić information content (AvgIpc) is 3.11. The Morgan fingerprint density at radius 2 is 1.95 bits per heavy atom. The molecule has 2 aromatic heterocycles. The molecule has 0 aliphatic carbocycles. The van der Waals surface area contributed by atoms with Crippen LogP contribution in [-0.2, 0) is 6.54 Å². The SMILES string of the molecule is Cc1cnn(C2CC3CCC(C2)N3Cc2csc(C)n2)c1. The minimum Gasteiger partial charge on any atom is -0.291 e. The first-order chi connectivity index (χ1) is 10.2. The fourth-order valence-electron chi connectivity index (χ4n) is 4.02. The maximum Gasteiger partial charge on any atom is 0.0897 e. The van der Waals surface area contributed by atoms with Gasteiger partial charge < -0.3 is 0 Å². The van der Waals surface area contributed by atoms with E-state index in [4.69, 9.17) is 0 Å². The second-order valence-electron chi connectivity index (χ2n) is 6.54. The van der Waals surface area contributed by atoms with Gasteiger partial charge in [-0.15, -0.1) is 11.3 Å². The Bertz CT molecular complexity index is 618. The van der Waals surface area contributed by atoms with Crippen LogP contribution in [0.25, 0.3) is 0 Å². The van der Waals surface area contributed by atoms with Gasteiger partial charge in [-0.1, -0.05) is 0 Å². The van der Waals surface area contributed by atoms with Gasteiger partial charge in [-0.05, 0) is 45.1 Å². The summed E-state index contributed by atoms with van der Waals surface area (Å²) in [7, 11) is 0. The van der Waals surface area contributed by atoms with Gasteiger partial charge in [-0.25, -0.2) is 4.98 Å². The molecular formula is C16H22N4S. The molecule has 0 spiro atoms. The molecule has 2 fully saturated rings. The zero-order valence-electron chi connectivity index (χ0n) is 12.7. The number of fused-ring (bicyclic) bond motifs is 2. The van der Waals surface area contributed by atoms with Gasteiger partial charge >= 0.3 is 0 Å². The maximum absolute atomic E-state index is 4.64. The molecule has 0 amide bonds. The molecule has 112 valence electrons. The molecule has 2 atom stereocenters. The Balaban J connectivity index is 1.48. The number of nitrogens with zero attached hydrogens (tertiary/aromatic N) is 4. The summed E-state index contributed by atoms with van der Waals surface area (Å²) >= 11 is 1.76. The summed E-state index contributed by atoms with van der Waals surface area (Å²) in [5, 5.41) is 7.94. The van der Waals surface area contributed by atoms with Crippen LogP contribution in [0.5, 0.6) is 0 Å². The molecule has 4 rings (SSSR count). The molecule has 0 N–H and O–H groups in total. The van der Waals surface area contributed by atoms with Crippen LogP contribution in [0.2, 0.25) is 0 Å². The van der Waals surface area contributed by atoms with E-state index in [0.717, 1.165) is 6.54 Å². The van der Waals surface area contributed by atoms with Crippen LogP contribution < -0.4 is 0 Å². The third-order valence-electron chi connectivity index (χ3n) is 4.98. The Kier molecular flexibility index (Phi) is 3.34. The van der Waals surface area contributed by atoms with E-state index in [1.807, 2.05) is 6.20 Å². The van der Waals surface area contributed by atoms with Crippen molar-refractivity contribution in [2.24, 2.45) is 0 Å². The van der Waals surface area contributed by atoms with Crippen molar-refractivity contribution >= 4 is 11.3 Å². The van der Waals surface area contributed by atoms with Crippen LogP contribution in [0.3, 0.4) is 0 Å². The zero-order valence-corrected chi connectivity index (χ0v) is 13.5. The second-order valence-corrected chi connectivity index (χ2v) is 7.60. The quantitative estimate of drug-likeness (QED) is 0.872. The molecule has 21 heavy (non-hydrogen) atoms. The molecule has 2 bridgehead atoms. The van der Waals surface area contributed by atoms with E-state index in [2.05, 4.69) is 45.1 Å². The normalized spacial score (nSPS) is 29.1. The van der Waals surface area contributed by atoms with Gasteiger partial charge in [0.15, 0.2) is 0 Å². The lowest BCUT2D eigenvalue weighted by Gasteiger charge is -2.38. The summed E-state index contributed by atoms with van der Waals surface area (Å²) in [4.78, 5) is 7.34. The Morgan fingerprint density at radius 3 is 2.52 bits per heavy atom. The molecule has 2 aliphatic heterocycles. The monoisotopic (exact) mass is 302 g/mol. The smallest absolute Gasteiger partial charge is 0.0897 e. The topological polar surface area (TPSA) is 34.0 Å². The third-order valence-corrected chi connectivity index (χ3v) is 5.80. The first-order valence-corrected chi connectivity index (χ1v) is 8.74. The molecule has 2 aliphatic rings. The lowest BCUT2D eigenvalue weighted by atomic mass is 9.97. The van der Waals surface area contributed by atoms with E-state index < -0.39 is 0 Å². The predicted molar refractivity (Wildman–Crippen MR) is 84.4 cm³/mol. The molecular weight excluding hydrogens is 280 g/mol. The lowest BCUT2D eigenvalue weighted by Crippen LogP contribution is -2.43. The molecule has 2 unspecified atom stereocenters. The fraction of sp³-hybridized carbons (Fsp3) is 0.625. The molecule has 2 aromatic rings. The van der Waals surface area contributed by atoms with E-state index in [1.54, 1.807) is 11.3 Å². The molecule has 0 aromatic carbocycles. The molecule has 4 nitrogen and oxygen atoms in total. The minimum atomic E-state index is 0.588. The summed E-state index contributed by atoms with van der Waals surface area (Å²) in [6.45, 7) is 5.25. The van der Waals surface area contributed by atoms with Crippen LogP contribution in [0.15, 0.2) is 17.8 Å². The molecule has 0 radical (unpaired) electrons. The summed E-state index contributed by atoms with van der Waals surface area (Å²) in [5.41, 5.74) is 2.52.